The number of methoxy groups -OCH3 is 1. The molecular weight excluding hydrogens is 254 g/mol. The maximum Gasteiger partial charge on any atom is 0.322 e. The van der Waals surface area contributed by atoms with Crippen LogP contribution in [0.15, 0.2) is 0 Å². The maximum atomic E-state index is 11.4. The van der Waals surface area contributed by atoms with Crippen molar-refractivity contribution in [2.75, 3.05) is 37.2 Å². The van der Waals surface area contributed by atoms with Gasteiger partial charge in [-0.25, -0.2) is 5.84 Å². The van der Waals surface area contributed by atoms with E-state index in [0.717, 1.165) is 0 Å². The summed E-state index contributed by atoms with van der Waals surface area (Å²) in [5.74, 6) is 5.15. The third kappa shape index (κ3) is 2.80. The summed E-state index contributed by atoms with van der Waals surface area (Å²) in [7, 11) is 1.42. The Morgan fingerprint density at radius 3 is 2.95 bits per heavy atom. The van der Waals surface area contributed by atoms with Crippen LogP contribution in [0, 0.1) is 0 Å². The quantitative estimate of drug-likeness (QED) is 0.412. The van der Waals surface area contributed by atoms with Crippen molar-refractivity contribution in [1.82, 2.24) is 15.0 Å². The molecule has 0 aliphatic carbocycles. The van der Waals surface area contributed by atoms with Crippen LogP contribution in [0.1, 0.15) is 0 Å². The van der Waals surface area contributed by atoms with Crippen LogP contribution in [0.5, 0.6) is 6.01 Å². The van der Waals surface area contributed by atoms with E-state index in [1.165, 1.54) is 7.11 Å². The van der Waals surface area contributed by atoms with E-state index in [1.807, 2.05) is 0 Å². The molecule has 1 atom stereocenters. The summed E-state index contributed by atoms with van der Waals surface area (Å²) in [5, 5.41) is 0. The first-order chi connectivity index (χ1) is 9.15. The van der Waals surface area contributed by atoms with Crippen LogP contribution in [0.3, 0.4) is 0 Å². The van der Waals surface area contributed by atoms with Crippen molar-refractivity contribution in [3.63, 3.8) is 0 Å². The molecule has 0 bridgehead atoms. The number of carbonyl (C=O) groups is 1. The Morgan fingerprint density at radius 1 is 1.53 bits per heavy atom. The van der Waals surface area contributed by atoms with E-state index in [0.29, 0.717) is 13.2 Å². The second kappa shape index (κ2) is 5.63. The Hall–Kier alpha value is -2.20. The minimum atomic E-state index is -0.633. The van der Waals surface area contributed by atoms with E-state index < -0.39 is 11.9 Å². The summed E-state index contributed by atoms with van der Waals surface area (Å²) in [6, 6.07) is -0.542. The van der Waals surface area contributed by atoms with Gasteiger partial charge in [0, 0.05) is 6.54 Å². The van der Waals surface area contributed by atoms with Gasteiger partial charge in [0.1, 0.15) is 6.04 Å². The molecule has 1 saturated heterocycles. The van der Waals surface area contributed by atoms with E-state index in [1.54, 1.807) is 4.90 Å². The molecule has 1 fully saturated rings. The Balaban J connectivity index is 2.35. The molecule has 0 aromatic carbocycles. The number of primary amides is 1. The number of nitrogen functional groups attached to an aromatic ring is 1. The predicted molar refractivity (Wildman–Crippen MR) is 65.3 cm³/mol. The molecule has 2 rings (SSSR count). The smallest absolute Gasteiger partial charge is 0.322 e. The van der Waals surface area contributed by atoms with Crippen LogP contribution in [-0.2, 0) is 9.53 Å². The van der Waals surface area contributed by atoms with Gasteiger partial charge in [0.05, 0.1) is 20.3 Å². The van der Waals surface area contributed by atoms with Gasteiger partial charge >= 0.3 is 6.01 Å². The minimum Gasteiger partial charge on any atom is -0.467 e. The molecule has 10 nitrogen and oxygen atoms in total. The highest BCUT2D eigenvalue weighted by molar-refractivity contribution is 5.83. The van der Waals surface area contributed by atoms with Crippen molar-refractivity contribution < 1.29 is 14.3 Å². The number of hydrogen-bond donors (Lipinski definition) is 3. The molecule has 5 N–H and O–H groups in total. The molecule has 2 heterocycles. The number of ether oxygens (including phenoxy) is 2. The second-order valence-electron chi connectivity index (χ2n) is 3.78. The largest absolute Gasteiger partial charge is 0.467 e. The number of hydrogen-bond acceptors (Lipinski definition) is 9. The first kappa shape index (κ1) is 13.2. The summed E-state index contributed by atoms with van der Waals surface area (Å²) >= 11 is 0. The molecule has 10 heteroatoms. The average molecular weight is 269 g/mol. The maximum absolute atomic E-state index is 11.4. The zero-order valence-electron chi connectivity index (χ0n) is 10.4. The van der Waals surface area contributed by atoms with Crippen molar-refractivity contribution in [3.05, 3.63) is 0 Å². The summed E-state index contributed by atoms with van der Waals surface area (Å²) in [6.07, 6.45) is 0. The van der Waals surface area contributed by atoms with Crippen LogP contribution >= 0.6 is 0 Å². The van der Waals surface area contributed by atoms with Crippen molar-refractivity contribution in [1.29, 1.82) is 0 Å². The van der Waals surface area contributed by atoms with Crippen molar-refractivity contribution in [2.45, 2.75) is 6.04 Å². The normalized spacial score (nSPS) is 19.1. The third-order valence-electron chi connectivity index (χ3n) is 2.63. The van der Waals surface area contributed by atoms with Crippen molar-refractivity contribution in [2.24, 2.45) is 11.6 Å². The molecule has 1 unspecified atom stereocenters. The highest BCUT2D eigenvalue weighted by Crippen LogP contribution is 2.18. The number of morpholine rings is 1. The van der Waals surface area contributed by atoms with Gasteiger partial charge in [-0.2, -0.15) is 15.0 Å². The number of aromatic nitrogens is 3. The van der Waals surface area contributed by atoms with Gasteiger partial charge in [0.15, 0.2) is 0 Å². The molecule has 1 aromatic rings. The van der Waals surface area contributed by atoms with E-state index in [4.69, 9.17) is 21.1 Å². The van der Waals surface area contributed by atoms with Crippen molar-refractivity contribution in [3.8, 4) is 6.01 Å². The van der Waals surface area contributed by atoms with E-state index in [9.17, 15) is 4.79 Å². The molecular formula is C9H15N7O3. The van der Waals surface area contributed by atoms with Crippen molar-refractivity contribution >= 4 is 17.8 Å². The van der Waals surface area contributed by atoms with Gasteiger partial charge in [-0.3, -0.25) is 10.2 Å². The number of nitrogens with two attached hydrogens (primary N) is 2. The molecule has 1 aliphatic rings. The molecule has 19 heavy (non-hydrogen) atoms. The molecule has 1 aromatic heterocycles. The number of amides is 1. The number of rotatable bonds is 4. The molecule has 1 aliphatic heterocycles. The molecule has 0 radical (unpaired) electrons. The first-order valence-corrected chi connectivity index (χ1v) is 5.56. The number of nitrogens with one attached hydrogen (secondary N) is 1. The van der Waals surface area contributed by atoms with Gasteiger partial charge in [0.2, 0.25) is 17.8 Å². The Kier molecular flexibility index (Phi) is 3.92. The Bertz CT molecular complexity index is 447. The zero-order valence-corrected chi connectivity index (χ0v) is 10.4. The minimum absolute atomic E-state index is 0.0904. The van der Waals surface area contributed by atoms with E-state index >= 15 is 0 Å². The van der Waals surface area contributed by atoms with E-state index in [-0.39, 0.29) is 24.5 Å². The lowest BCUT2D eigenvalue weighted by Gasteiger charge is -2.33. The van der Waals surface area contributed by atoms with Gasteiger partial charge in [-0.05, 0) is 0 Å². The predicted octanol–water partition coefficient (Wildman–Crippen LogP) is -2.14. The van der Waals surface area contributed by atoms with Crippen LogP contribution in [0.4, 0.5) is 11.9 Å². The van der Waals surface area contributed by atoms with Gasteiger partial charge in [-0.1, -0.05) is 0 Å². The topological polar surface area (TPSA) is 142 Å². The third-order valence-corrected chi connectivity index (χ3v) is 2.63. The first-order valence-electron chi connectivity index (χ1n) is 5.56. The molecule has 104 valence electrons. The average Bonchev–Trinajstić information content (AvgIpc) is 2.46. The zero-order chi connectivity index (χ0) is 13.8. The summed E-state index contributed by atoms with van der Waals surface area (Å²) < 4.78 is 10.2. The molecule has 0 spiro atoms. The Morgan fingerprint density at radius 2 is 2.32 bits per heavy atom. The van der Waals surface area contributed by atoms with Crippen LogP contribution < -0.4 is 26.6 Å². The monoisotopic (exact) mass is 269 g/mol. The fourth-order valence-corrected chi connectivity index (χ4v) is 1.71. The SMILES string of the molecule is COc1nc(NN)nc(N2CCOCC2C(N)=O)n1. The second-order valence-corrected chi connectivity index (χ2v) is 3.78. The molecule has 0 saturated carbocycles. The van der Waals surface area contributed by atoms with E-state index in [2.05, 4.69) is 20.4 Å². The van der Waals surface area contributed by atoms with Crippen LogP contribution in [-0.4, -0.2) is 53.8 Å². The fraction of sp³-hybridized carbons (Fsp3) is 0.556. The summed E-state index contributed by atoms with van der Waals surface area (Å²) in [4.78, 5) is 25.1. The van der Waals surface area contributed by atoms with Gasteiger partial charge in [0.25, 0.3) is 0 Å². The number of nitrogens with zero attached hydrogens (tertiary/aromatic N) is 4. The summed E-state index contributed by atoms with van der Waals surface area (Å²) in [6.45, 7) is 1.07. The lowest BCUT2D eigenvalue weighted by atomic mass is 10.2. The highest BCUT2D eigenvalue weighted by atomic mass is 16.5. The Labute approximate surface area is 109 Å². The van der Waals surface area contributed by atoms with Crippen LogP contribution in [0.25, 0.3) is 0 Å². The number of hydrazine groups is 1. The standard InChI is InChI=1S/C9H15N7O3/c1-18-9-13-7(15-11)12-8(14-9)16-2-3-19-4-5(16)6(10)17/h5H,2-4,11H2,1H3,(H2,10,17)(H,12,13,14,15). The highest BCUT2D eigenvalue weighted by Gasteiger charge is 2.30. The molecule has 1 amide bonds. The number of anilines is 2. The summed E-state index contributed by atoms with van der Waals surface area (Å²) in [5.41, 5.74) is 7.64. The fourth-order valence-electron chi connectivity index (χ4n) is 1.71. The lowest BCUT2D eigenvalue weighted by molar-refractivity contribution is -0.121. The lowest BCUT2D eigenvalue weighted by Crippen LogP contribution is -2.53. The van der Waals surface area contributed by atoms with Crippen LogP contribution in [0.2, 0.25) is 0 Å². The van der Waals surface area contributed by atoms with Gasteiger partial charge < -0.3 is 20.1 Å². The van der Waals surface area contributed by atoms with Gasteiger partial charge in [-0.15, -0.1) is 0 Å². The number of carbonyl (C=O) groups excluding carboxylic acids is 1.